The Hall–Kier alpha value is -1.54. The van der Waals surface area contributed by atoms with Crippen molar-refractivity contribution in [3.63, 3.8) is 0 Å². The normalized spacial score (nSPS) is 15.2. The van der Waals surface area contributed by atoms with Crippen LogP contribution in [0.5, 0.6) is 0 Å². The van der Waals surface area contributed by atoms with Gasteiger partial charge in [0.05, 0.1) is 5.56 Å². The summed E-state index contributed by atoms with van der Waals surface area (Å²) in [6, 6.07) is 4.70. The average molecular weight is 374 g/mol. The lowest BCUT2D eigenvalue weighted by Gasteiger charge is -2.40. The molecule has 2 N–H and O–H groups in total. The van der Waals surface area contributed by atoms with E-state index in [-0.39, 0.29) is 6.54 Å². The molecule has 0 saturated carbocycles. The zero-order valence-corrected chi connectivity index (χ0v) is 15.5. The third kappa shape index (κ3) is 4.00. The molecule has 1 atom stereocenters. The molecular weight excluding hydrogens is 351 g/mol. The molecule has 1 heterocycles. The number of nitrogens with zero attached hydrogens (tertiary/aromatic N) is 2. The minimum atomic E-state index is -4.40. The third-order valence-corrected chi connectivity index (χ3v) is 5.91. The third-order valence-electron chi connectivity index (χ3n) is 4.56. The lowest BCUT2D eigenvalue weighted by Crippen LogP contribution is -2.56. The van der Waals surface area contributed by atoms with E-state index in [9.17, 15) is 18.3 Å². The summed E-state index contributed by atoms with van der Waals surface area (Å²) >= 11 is 1.45. The van der Waals surface area contributed by atoms with Gasteiger partial charge >= 0.3 is 12.5 Å². The van der Waals surface area contributed by atoms with Gasteiger partial charge < -0.3 is 5.11 Å². The summed E-state index contributed by atoms with van der Waals surface area (Å²) in [5, 5.41) is 14.5. The Balaban J connectivity index is 2.45. The Morgan fingerprint density at radius 3 is 2.16 bits per heavy atom. The second-order valence-corrected chi connectivity index (χ2v) is 7.86. The molecule has 2 aromatic rings. The van der Waals surface area contributed by atoms with Gasteiger partial charge in [0, 0.05) is 11.2 Å². The van der Waals surface area contributed by atoms with Crippen molar-refractivity contribution >= 4 is 11.8 Å². The molecule has 4 nitrogen and oxygen atoms in total. The van der Waals surface area contributed by atoms with Crippen molar-refractivity contribution in [2.24, 2.45) is 0 Å². The van der Waals surface area contributed by atoms with E-state index >= 15 is 0 Å². The topological polar surface area (TPSA) is 52.8 Å². The van der Waals surface area contributed by atoms with Gasteiger partial charge in [-0.25, -0.2) is 0 Å². The van der Waals surface area contributed by atoms with Gasteiger partial charge in [0.15, 0.2) is 0 Å². The number of halogens is 3. The predicted molar refractivity (Wildman–Crippen MR) is 91.1 cm³/mol. The van der Waals surface area contributed by atoms with E-state index in [4.69, 9.17) is 0 Å². The maximum absolute atomic E-state index is 12.8. The van der Waals surface area contributed by atoms with Gasteiger partial charge in [-0.15, -0.1) is 0 Å². The molecule has 0 spiro atoms. The number of hydrogen-bond donors (Lipinski definition) is 2. The van der Waals surface area contributed by atoms with Crippen molar-refractivity contribution in [1.82, 2.24) is 10.1 Å². The van der Waals surface area contributed by atoms with Gasteiger partial charge in [0.2, 0.25) is 0 Å². The number of alkyl halides is 3. The number of thioether (sulfide) groups is 1. The minimum absolute atomic E-state index is 0.152. The number of aromatic nitrogens is 3. The highest BCUT2D eigenvalue weighted by atomic mass is 32.2. The minimum Gasteiger partial charge on any atom is -0.379 e. The molecule has 2 rings (SSSR count). The highest BCUT2D eigenvalue weighted by molar-refractivity contribution is 8.00. The number of aryl methyl sites for hydroxylation is 1. The van der Waals surface area contributed by atoms with Crippen LogP contribution in [0, 0.1) is 0 Å². The number of benzene rings is 1. The Morgan fingerprint density at radius 1 is 1.16 bits per heavy atom. The zero-order chi connectivity index (χ0) is 18.9. The maximum atomic E-state index is 12.8. The van der Waals surface area contributed by atoms with Crippen molar-refractivity contribution < 1.29 is 23.0 Å². The van der Waals surface area contributed by atoms with Gasteiger partial charge in [0.1, 0.15) is 12.1 Å². The Bertz CT molecular complexity index is 713. The van der Waals surface area contributed by atoms with Crippen molar-refractivity contribution in [3.05, 3.63) is 47.5 Å². The molecule has 0 saturated heterocycles. The van der Waals surface area contributed by atoms with Crippen LogP contribution in [0.3, 0.4) is 0 Å². The molecule has 25 heavy (non-hydrogen) atoms. The van der Waals surface area contributed by atoms with Crippen molar-refractivity contribution in [2.45, 2.75) is 50.3 Å². The van der Waals surface area contributed by atoms with Gasteiger partial charge in [0.25, 0.3) is 5.82 Å². The largest absolute Gasteiger partial charge is 0.416 e. The van der Waals surface area contributed by atoms with E-state index in [0.29, 0.717) is 5.56 Å². The van der Waals surface area contributed by atoms with Crippen LogP contribution in [0.4, 0.5) is 13.2 Å². The quantitative estimate of drug-likeness (QED) is 0.763. The SMILES string of the molecule is CCc1nc[n+](CC(O)(c2ccc(C(F)(F)F)cc2)C(C)(C)SC)[nH]1. The van der Waals surface area contributed by atoms with E-state index in [0.717, 1.165) is 24.4 Å². The average Bonchev–Trinajstić information content (AvgIpc) is 3.01. The number of nitrogens with one attached hydrogen (secondary N) is 1. The smallest absolute Gasteiger partial charge is 0.379 e. The van der Waals surface area contributed by atoms with Gasteiger partial charge in [-0.2, -0.15) is 34.7 Å². The summed E-state index contributed by atoms with van der Waals surface area (Å²) in [5.41, 5.74) is -1.69. The van der Waals surface area contributed by atoms with Crippen LogP contribution in [-0.2, 0) is 24.7 Å². The zero-order valence-electron chi connectivity index (χ0n) is 14.7. The molecule has 8 heteroatoms. The number of aromatic amines is 1. The second-order valence-electron chi connectivity index (χ2n) is 6.43. The van der Waals surface area contributed by atoms with Crippen molar-refractivity contribution in [1.29, 1.82) is 0 Å². The molecule has 0 aliphatic rings. The predicted octanol–water partition coefficient (Wildman–Crippen LogP) is 3.31. The fourth-order valence-corrected chi connectivity index (χ4v) is 3.11. The highest BCUT2D eigenvalue weighted by Crippen LogP contribution is 2.42. The highest BCUT2D eigenvalue weighted by Gasteiger charge is 2.47. The monoisotopic (exact) mass is 374 g/mol. The number of H-pyrrole nitrogens is 1. The molecule has 1 aromatic heterocycles. The van der Waals surface area contributed by atoms with Crippen LogP contribution < -0.4 is 4.68 Å². The Kier molecular flexibility index (Phi) is 5.53. The summed E-state index contributed by atoms with van der Waals surface area (Å²) in [4.78, 5) is 4.21. The molecular formula is C17H23F3N3OS+. The molecule has 0 amide bonds. The summed E-state index contributed by atoms with van der Waals surface area (Å²) < 4.78 is 39.5. The first-order chi connectivity index (χ1) is 11.5. The first-order valence-electron chi connectivity index (χ1n) is 7.92. The van der Waals surface area contributed by atoms with Crippen LogP contribution >= 0.6 is 11.8 Å². The van der Waals surface area contributed by atoms with Gasteiger partial charge in [-0.3, -0.25) is 0 Å². The van der Waals surface area contributed by atoms with Crippen LogP contribution in [0.25, 0.3) is 0 Å². The Labute approximate surface area is 149 Å². The molecule has 0 fully saturated rings. The second kappa shape index (κ2) is 6.99. The van der Waals surface area contributed by atoms with Gasteiger partial charge in [-0.1, -0.05) is 19.1 Å². The molecule has 1 aromatic carbocycles. The molecule has 1 unspecified atom stereocenters. The van der Waals surface area contributed by atoms with E-state index in [2.05, 4.69) is 10.1 Å². The fourth-order valence-electron chi connectivity index (χ4n) is 2.59. The first kappa shape index (κ1) is 19.8. The van der Waals surface area contributed by atoms with E-state index in [1.165, 1.54) is 23.9 Å². The molecule has 0 bridgehead atoms. The first-order valence-corrected chi connectivity index (χ1v) is 9.14. The van der Waals surface area contributed by atoms with Crippen molar-refractivity contribution in [2.75, 3.05) is 6.26 Å². The summed E-state index contributed by atoms with van der Waals surface area (Å²) in [6.07, 6.45) is -0.230. The number of hydrogen-bond acceptors (Lipinski definition) is 3. The summed E-state index contributed by atoms with van der Waals surface area (Å²) in [7, 11) is 0. The van der Waals surface area contributed by atoms with Crippen LogP contribution in [0.2, 0.25) is 0 Å². The van der Waals surface area contributed by atoms with Crippen LogP contribution in [0.15, 0.2) is 30.6 Å². The van der Waals surface area contributed by atoms with E-state index in [1.807, 2.05) is 27.0 Å². The molecule has 0 radical (unpaired) electrons. The van der Waals surface area contributed by atoms with E-state index < -0.39 is 22.1 Å². The van der Waals surface area contributed by atoms with Gasteiger partial charge in [-0.05, 0) is 42.8 Å². The van der Waals surface area contributed by atoms with Crippen LogP contribution in [-0.4, -0.2) is 26.2 Å². The van der Waals surface area contributed by atoms with Crippen molar-refractivity contribution in [3.8, 4) is 0 Å². The Morgan fingerprint density at radius 2 is 1.72 bits per heavy atom. The standard InChI is InChI=1S/C17H22F3N3OS/c1-5-14-21-11-23(22-14)10-16(24,15(2,3)25-4)12-6-8-13(9-7-12)17(18,19)20/h6-9,11,24H,5,10H2,1-4H3/p+1. The molecule has 0 aliphatic carbocycles. The number of aliphatic hydroxyl groups is 1. The number of rotatable bonds is 6. The molecule has 0 aliphatic heterocycles. The lowest BCUT2D eigenvalue weighted by molar-refractivity contribution is -0.765. The molecule has 138 valence electrons. The fraction of sp³-hybridized carbons (Fsp3) is 0.529. The van der Waals surface area contributed by atoms with Crippen LogP contribution in [0.1, 0.15) is 37.7 Å². The van der Waals surface area contributed by atoms with E-state index in [1.54, 1.807) is 11.0 Å². The summed E-state index contributed by atoms with van der Waals surface area (Å²) in [6.45, 7) is 5.84. The lowest BCUT2D eigenvalue weighted by atomic mass is 9.82. The maximum Gasteiger partial charge on any atom is 0.416 e. The summed E-state index contributed by atoms with van der Waals surface area (Å²) in [5.74, 6) is 0.775.